The van der Waals surface area contributed by atoms with E-state index in [1.807, 2.05) is 13.8 Å². The van der Waals surface area contributed by atoms with Gasteiger partial charge in [-0.25, -0.2) is 0 Å². The van der Waals surface area contributed by atoms with Gasteiger partial charge in [0.25, 0.3) is 0 Å². The second-order valence-electron chi connectivity index (χ2n) is 7.97. The minimum absolute atomic E-state index is 0.0283. The zero-order valence-corrected chi connectivity index (χ0v) is 17.4. The molecule has 1 aliphatic heterocycles. The van der Waals surface area contributed by atoms with Crippen molar-refractivity contribution in [3.63, 3.8) is 0 Å². The molecule has 0 radical (unpaired) electrons. The Morgan fingerprint density at radius 2 is 1.69 bits per heavy atom. The van der Waals surface area contributed by atoms with E-state index in [0.717, 1.165) is 6.42 Å². The Balaban J connectivity index is 1.85. The van der Waals surface area contributed by atoms with Gasteiger partial charge in [-0.15, -0.1) is 0 Å². The fourth-order valence-electron chi connectivity index (χ4n) is 3.19. The molecule has 2 atom stereocenters. The number of hydrogen-bond donors (Lipinski definition) is 1. The van der Waals surface area contributed by atoms with Crippen LogP contribution in [0.1, 0.15) is 91.4 Å². The highest BCUT2D eigenvalue weighted by atomic mass is 16.7. The lowest BCUT2D eigenvalue weighted by Crippen LogP contribution is -2.25. The molecule has 1 aliphatic rings. The Labute approximate surface area is 161 Å². The molecule has 4 nitrogen and oxygen atoms in total. The molecular weight excluding hydrogens is 328 g/mol. The van der Waals surface area contributed by atoms with Crippen LogP contribution in [-0.4, -0.2) is 42.9 Å². The Morgan fingerprint density at radius 3 is 2.31 bits per heavy atom. The van der Waals surface area contributed by atoms with E-state index < -0.39 is 11.9 Å². The van der Waals surface area contributed by atoms with E-state index in [-0.39, 0.29) is 6.10 Å². The smallest absolute Gasteiger partial charge is 0.163 e. The van der Waals surface area contributed by atoms with Crippen molar-refractivity contribution in [2.75, 3.05) is 19.8 Å². The van der Waals surface area contributed by atoms with Crippen molar-refractivity contribution < 1.29 is 19.3 Å². The van der Waals surface area contributed by atoms with E-state index in [1.54, 1.807) is 0 Å². The van der Waals surface area contributed by atoms with Crippen molar-refractivity contribution in [1.82, 2.24) is 0 Å². The highest BCUT2D eigenvalue weighted by Gasteiger charge is 2.32. The average molecular weight is 371 g/mol. The maximum absolute atomic E-state index is 9.94. The van der Waals surface area contributed by atoms with Crippen LogP contribution < -0.4 is 0 Å². The molecule has 0 spiro atoms. The molecule has 0 saturated carbocycles. The first-order chi connectivity index (χ1) is 12.5. The number of rotatable bonds is 16. The van der Waals surface area contributed by atoms with Crippen LogP contribution in [0.2, 0.25) is 0 Å². The highest BCUT2D eigenvalue weighted by Crippen LogP contribution is 2.22. The van der Waals surface area contributed by atoms with Gasteiger partial charge < -0.3 is 19.3 Å². The van der Waals surface area contributed by atoms with Crippen LogP contribution in [0.4, 0.5) is 0 Å². The molecular formula is C22H42O4. The van der Waals surface area contributed by atoms with E-state index in [1.165, 1.54) is 57.8 Å². The van der Waals surface area contributed by atoms with Gasteiger partial charge in [0.05, 0.1) is 25.9 Å². The maximum Gasteiger partial charge on any atom is 0.163 e. The van der Waals surface area contributed by atoms with Crippen molar-refractivity contribution in [2.24, 2.45) is 0 Å². The number of ether oxygens (including phenoxy) is 3. The quantitative estimate of drug-likeness (QED) is 0.293. The van der Waals surface area contributed by atoms with Crippen molar-refractivity contribution >= 4 is 0 Å². The molecule has 1 heterocycles. The minimum Gasteiger partial charge on any atom is -0.390 e. The zero-order valence-electron chi connectivity index (χ0n) is 17.4. The van der Waals surface area contributed by atoms with Gasteiger partial charge in [0.15, 0.2) is 5.79 Å². The summed E-state index contributed by atoms with van der Waals surface area (Å²) in [7, 11) is 0. The predicted octanol–water partition coefficient (Wildman–Crippen LogP) is 5.38. The fourth-order valence-corrected chi connectivity index (χ4v) is 3.19. The van der Waals surface area contributed by atoms with Gasteiger partial charge in [0.1, 0.15) is 6.10 Å². The number of aliphatic hydroxyl groups is 1. The SMILES string of the molecule is CCCCCCCCCCC/C=C\C[C@@H](O)COC[C@@H]1COC(C)(C)O1. The molecule has 0 aromatic heterocycles. The molecule has 1 N–H and O–H groups in total. The summed E-state index contributed by atoms with van der Waals surface area (Å²) in [5, 5.41) is 9.94. The van der Waals surface area contributed by atoms with Crippen LogP contribution >= 0.6 is 0 Å². The van der Waals surface area contributed by atoms with Crippen LogP contribution in [0.5, 0.6) is 0 Å². The van der Waals surface area contributed by atoms with Gasteiger partial charge in [-0.2, -0.15) is 0 Å². The number of aliphatic hydroxyl groups excluding tert-OH is 1. The lowest BCUT2D eigenvalue weighted by Gasteiger charge is -2.17. The summed E-state index contributed by atoms with van der Waals surface area (Å²) in [6.45, 7) is 7.45. The summed E-state index contributed by atoms with van der Waals surface area (Å²) < 4.78 is 16.7. The Bertz CT molecular complexity index is 354. The molecule has 26 heavy (non-hydrogen) atoms. The average Bonchev–Trinajstić information content (AvgIpc) is 2.95. The summed E-state index contributed by atoms with van der Waals surface area (Å²) in [6, 6.07) is 0. The van der Waals surface area contributed by atoms with E-state index in [9.17, 15) is 5.11 Å². The zero-order chi connectivity index (χ0) is 19.1. The summed E-state index contributed by atoms with van der Waals surface area (Å²) in [4.78, 5) is 0. The Kier molecular flexibility index (Phi) is 13.3. The lowest BCUT2D eigenvalue weighted by atomic mass is 10.1. The summed E-state index contributed by atoms with van der Waals surface area (Å²) >= 11 is 0. The summed E-state index contributed by atoms with van der Waals surface area (Å²) in [5.41, 5.74) is 0. The third-order valence-electron chi connectivity index (χ3n) is 4.73. The van der Waals surface area contributed by atoms with Crippen molar-refractivity contribution in [3.05, 3.63) is 12.2 Å². The third-order valence-corrected chi connectivity index (χ3v) is 4.73. The molecule has 1 saturated heterocycles. The summed E-state index contributed by atoms with van der Waals surface area (Å²) in [6.07, 6.45) is 17.8. The molecule has 0 aliphatic carbocycles. The van der Waals surface area contributed by atoms with Crippen molar-refractivity contribution in [2.45, 2.75) is 109 Å². The predicted molar refractivity (Wildman–Crippen MR) is 107 cm³/mol. The van der Waals surface area contributed by atoms with Gasteiger partial charge in [-0.3, -0.25) is 0 Å². The van der Waals surface area contributed by atoms with Gasteiger partial charge in [0.2, 0.25) is 0 Å². The van der Waals surface area contributed by atoms with Crippen LogP contribution in [0, 0.1) is 0 Å². The largest absolute Gasteiger partial charge is 0.390 e. The molecule has 0 unspecified atom stereocenters. The number of hydrogen-bond acceptors (Lipinski definition) is 4. The van der Waals surface area contributed by atoms with Crippen LogP contribution in [0.25, 0.3) is 0 Å². The lowest BCUT2D eigenvalue weighted by molar-refractivity contribution is -0.146. The first-order valence-corrected chi connectivity index (χ1v) is 10.8. The second kappa shape index (κ2) is 14.6. The van der Waals surface area contributed by atoms with Gasteiger partial charge >= 0.3 is 0 Å². The standard InChI is InChI=1S/C22H42O4/c1-4-5-6-7-8-9-10-11-12-13-14-15-16-20(23)17-24-18-21-19-25-22(2,3)26-21/h14-15,20-21,23H,4-13,16-19H2,1-3H3/b15-14-/t20-,21-/m1/s1. The molecule has 154 valence electrons. The Hall–Kier alpha value is -0.420. The minimum atomic E-state index is -0.509. The normalized spacial score (nSPS) is 20.8. The molecule has 0 bridgehead atoms. The van der Waals surface area contributed by atoms with Crippen molar-refractivity contribution in [1.29, 1.82) is 0 Å². The monoisotopic (exact) mass is 370 g/mol. The van der Waals surface area contributed by atoms with Gasteiger partial charge in [-0.1, -0.05) is 70.4 Å². The first kappa shape index (κ1) is 23.6. The molecule has 0 aromatic rings. The van der Waals surface area contributed by atoms with Crippen LogP contribution in [0.3, 0.4) is 0 Å². The highest BCUT2D eigenvalue weighted by molar-refractivity contribution is 4.84. The number of unbranched alkanes of at least 4 members (excludes halogenated alkanes) is 9. The topological polar surface area (TPSA) is 47.9 Å². The second-order valence-corrected chi connectivity index (χ2v) is 7.97. The molecule has 0 amide bonds. The van der Waals surface area contributed by atoms with E-state index in [4.69, 9.17) is 14.2 Å². The maximum atomic E-state index is 9.94. The molecule has 1 rings (SSSR count). The van der Waals surface area contributed by atoms with Crippen LogP contribution in [0.15, 0.2) is 12.2 Å². The molecule has 1 fully saturated rings. The van der Waals surface area contributed by atoms with E-state index >= 15 is 0 Å². The molecule has 4 heteroatoms. The van der Waals surface area contributed by atoms with Gasteiger partial charge in [-0.05, 0) is 33.1 Å². The fraction of sp³-hybridized carbons (Fsp3) is 0.909. The number of allylic oxidation sites excluding steroid dienone is 1. The van der Waals surface area contributed by atoms with E-state index in [2.05, 4.69) is 19.1 Å². The first-order valence-electron chi connectivity index (χ1n) is 10.8. The van der Waals surface area contributed by atoms with Gasteiger partial charge in [0, 0.05) is 0 Å². The third kappa shape index (κ3) is 12.9. The van der Waals surface area contributed by atoms with E-state index in [0.29, 0.717) is 26.2 Å². The van der Waals surface area contributed by atoms with Crippen LogP contribution in [-0.2, 0) is 14.2 Å². The molecule has 0 aromatic carbocycles. The Morgan fingerprint density at radius 1 is 1.04 bits per heavy atom. The van der Waals surface area contributed by atoms with Crippen molar-refractivity contribution in [3.8, 4) is 0 Å². The summed E-state index contributed by atoms with van der Waals surface area (Å²) in [5.74, 6) is -0.509.